The van der Waals surface area contributed by atoms with Gasteiger partial charge in [0.15, 0.2) is 5.09 Å². The average molecular weight is 433 g/mol. The maximum Gasteiger partial charge on any atom is 0.329 e. The third-order valence-corrected chi connectivity index (χ3v) is 5.34. The molecule has 7 nitrogen and oxygen atoms in total. The van der Waals surface area contributed by atoms with E-state index >= 15 is 0 Å². The Morgan fingerprint density at radius 2 is 1.90 bits per heavy atom. The van der Waals surface area contributed by atoms with Crippen molar-refractivity contribution in [3.8, 4) is 0 Å². The molecule has 0 aliphatic carbocycles. The van der Waals surface area contributed by atoms with Gasteiger partial charge in [0.2, 0.25) is 5.91 Å². The number of hydrogen-bond donors (Lipinski definition) is 2. The standard InChI is InChI=1S/C23H19N3O4S/c1-15-6-5-7-16(12-15)24-20(27)14-26-22(28)19(25-23(26)29)13-17-10-11-21(30-17)31-18-8-3-2-4-9-18/h2-13H,14H2,1H3,(H,24,27)(H,25,29)/b19-13+. The zero-order chi connectivity index (χ0) is 21.8. The Morgan fingerprint density at radius 1 is 1.10 bits per heavy atom. The summed E-state index contributed by atoms with van der Waals surface area (Å²) in [5, 5.41) is 5.84. The Bertz CT molecular complexity index is 1170. The quantitative estimate of drug-likeness (QED) is 0.447. The van der Waals surface area contributed by atoms with Gasteiger partial charge in [0.25, 0.3) is 5.91 Å². The average Bonchev–Trinajstić information content (AvgIpc) is 3.28. The molecule has 1 saturated heterocycles. The smallest absolute Gasteiger partial charge is 0.329 e. The van der Waals surface area contributed by atoms with Gasteiger partial charge in [-0.3, -0.25) is 9.59 Å². The molecule has 1 aromatic heterocycles. The molecule has 0 saturated carbocycles. The van der Waals surface area contributed by atoms with Crippen LogP contribution in [0.15, 0.2) is 86.8 Å². The van der Waals surface area contributed by atoms with Crippen molar-refractivity contribution in [2.75, 3.05) is 11.9 Å². The largest absolute Gasteiger partial charge is 0.450 e. The monoisotopic (exact) mass is 433 g/mol. The zero-order valence-corrected chi connectivity index (χ0v) is 17.4. The Hall–Kier alpha value is -3.78. The summed E-state index contributed by atoms with van der Waals surface area (Å²) < 4.78 is 5.72. The maximum absolute atomic E-state index is 12.6. The first-order valence-electron chi connectivity index (χ1n) is 9.52. The number of furan rings is 1. The van der Waals surface area contributed by atoms with Crippen LogP contribution in [0.3, 0.4) is 0 Å². The highest BCUT2D eigenvalue weighted by Gasteiger charge is 2.35. The lowest BCUT2D eigenvalue weighted by atomic mass is 10.2. The fraction of sp³-hybridized carbons (Fsp3) is 0.0870. The molecule has 31 heavy (non-hydrogen) atoms. The number of nitrogens with zero attached hydrogens (tertiary/aromatic N) is 1. The van der Waals surface area contributed by atoms with Gasteiger partial charge in [-0.1, -0.05) is 42.1 Å². The van der Waals surface area contributed by atoms with Crippen LogP contribution in [0.1, 0.15) is 11.3 Å². The van der Waals surface area contributed by atoms with Crippen LogP contribution in [0, 0.1) is 6.92 Å². The van der Waals surface area contributed by atoms with Gasteiger partial charge in [0, 0.05) is 16.7 Å². The molecule has 2 heterocycles. The number of imide groups is 1. The van der Waals surface area contributed by atoms with Crippen LogP contribution < -0.4 is 10.6 Å². The van der Waals surface area contributed by atoms with Crippen LogP contribution in [0.5, 0.6) is 0 Å². The van der Waals surface area contributed by atoms with E-state index in [1.54, 1.807) is 24.3 Å². The molecule has 1 aliphatic rings. The van der Waals surface area contributed by atoms with Crippen molar-refractivity contribution in [1.29, 1.82) is 0 Å². The molecule has 0 spiro atoms. The molecular weight excluding hydrogens is 414 g/mol. The minimum absolute atomic E-state index is 0.0546. The number of hydrogen-bond acceptors (Lipinski definition) is 5. The molecule has 4 rings (SSSR count). The second-order valence-electron chi connectivity index (χ2n) is 6.87. The van der Waals surface area contributed by atoms with E-state index < -0.39 is 17.8 Å². The fourth-order valence-corrected chi connectivity index (χ4v) is 3.80. The van der Waals surface area contributed by atoms with Gasteiger partial charge >= 0.3 is 6.03 Å². The van der Waals surface area contributed by atoms with Crippen LogP contribution >= 0.6 is 11.8 Å². The van der Waals surface area contributed by atoms with Crippen LogP contribution in [0.25, 0.3) is 6.08 Å². The van der Waals surface area contributed by atoms with Crippen molar-refractivity contribution in [2.24, 2.45) is 0 Å². The summed E-state index contributed by atoms with van der Waals surface area (Å²) in [5.74, 6) is -0.624. The molecule has 0 radical (unpaired) electrons. The van der Waals surface area contributed by atoms with E-state index in [1.807, 2.05) is 49.4 Å². The lowest BCUT2D eigenvalue weighted by Gasteiger charge is -2.12. The van der Waals surface area contributed by atoms with Crippen LogP contribution in [-0.2, 0) is 9.59 Å². The maximum atomic E-state index is 12.6. The first-order chi connectivity index (χ1) is 15.0. The van der Waals surface area contributed by atoms with Gasteiger partial charge in [-0.25, -0.2) is 9.69 Å². The minimum atomic E-state index is -0.652. The molecule has 0 atom stereocenters. The van der Waals surface area contributed by atoms with Crippen molar-refractivity contribution >= 4 is 41.4 Å². The van der Waals surface area contributed by atoms with Gasteiger partial charge in [-0.2, -0.15) is 0 Å². The molecule has 0 unspecified atom stereocenters. The normalized spacial score (nSPS) is 14.7. The van der Waals surface area contributed by atoms with E-state index in [9.17, 15) is 14.4 Å². The minimum Gasteiger partial charge on any atom is -0.450 e. The second-order valence-corrected chi connectivity index (χ2v) is 7.95. The molecule has 2 N–H and O–H groups in total. The summed E-state index contributed by atoms with van der Waals surface area (Å²) in [7, 11) is 0. The molecule has 156 valence electrons. The highest BCUT2D eigenvalue weighted by atomic mass is 32.2. The number of carbonyl (C=O) groups is 3. The highest BCUT2D eigenvalue weighted by Crippen LogP contribution is 2.29. The SMILES string of the molecule is Cc1cccc(NC(=O)CN2C(=O)N/C(=C/c3ccc(Sc4ccccc4)o3)C2=O)c1. The Morgan fingerprint density at radius 3 is 2.68 bits per heavy atom. The van der Waals surface area contributed by atoms with E-state index in [2.05, 4.69) is 10.6 Å². The predicted molar refractivity (Wildman–Crippen MR) is 117 cm³/mol. The lowest BCUT2D eigenvalue weighted by Crippen LogP contribution is -2.38. The molecular formula is C23H19N3O4S. The number of urea groups is 1. The van der Waals surface area contributed by atoms with E-state index in [0.29, 0.717) is 16.5 Å². The Balaban J connectivity index is 1.41. The number of nitrogens with one attached hydrogen (secondary N) is 2. The lowest BCUT2D eigenvalue weighted by molar-refractivity contribution is -0.127. The first-order valence-corrected chi connectivity index (χ1v) is 10.3. The summed E-state index contributed by atoms with van der Waals surface area (Å²) >= 11 is 1.45. The molecule has 1 aliphatic heterocycles. The molecule has 8 heteroatoms. The van der Waals surface area contributed by atoms with Crippen LogP contribution in [0.2, 0.25) is 0 Å². The van der Waals surface area contributed by atoms with E-state index in [4.69, 9.17) is 4.42 Å². The van der Waals surface area contributed by atoms with Gasteiger partial charge < -0.3 is 15.1 Å². The third-order valence-electron chi connectivity index (χ3n) is 4.42. The third kappa shape index (κ3) is 5.04. The van der Waals surface area contributed by atoms with Gasteiger partial charge in [0.05, 0.1) is 0 Å². The van der Waals surface area contributed by atoms with Gasteiger partial charge in [0.1, 0.15) is 18.0 Å². The molecule has 2 aromatic carbocycles. The second kappa shape index (κ2) is 8.93. The fourth-order valence-electron chi connectivity index (χ4n) is 3.00. The Kier molecular flexibility index (Phi) is 5.90. The van der Waals surface area contributed by atoms with E-state index in [0.717, 1.165) is 15.4 Å². The van der Waals surface area contributed by atoms with E-state index in [-0.39, 0.29) is 12.2 Å². The summed E-state index contributed by atoms with van der Waals surface area (Å²) in [4.78, 5) is 39.0. The highest BCUT2D eigenvalue weighted by molar-refractivity contribution is 7.99. The summed E-state index contributed by atoms with van der Waals surface area (Å²) in [6.07, 6.45) is 1.45. The predicted octanol–water partition coefficient (Wildman–Crippen LogP) is 4.27. The summed E-state index contributed by atoms with van der Waals surface area (Å²) in [6, 6.07) is 19.8. The number of aryl methyl sites for hydroxylation is 1. The zero-order valence-electron chi connectivity index (χ0n) is 16.6. The van der Waals surface area contributed by atoms with Gasteiger partial charge in [-0.05, 0) is 48.9 Å². The molecule has 1 fully saturated rings. The first kappa shape index (κ1) is 20.5. The van der Waals surface area contributed by atoms with Crippen molar-refractivity contribution < 1.29 is 18.8 Å². The van der Waals surface area contributed by atoms with Gasteiger partial charge in [-0.15, -0.1) is 0 Å². The topological polar surface area (TPSA) is 91.7 Å². The summed E-state index contributed by atoms with van der Waals surface area (Å²) in [5.41, 5.74) is 1.65. The Labute approximate surface area is 183 Å². The number of benzene rings is 2. The summed E-state index contributed by atoms with van der Waals surface area (Å²) in [6.45, 7) is 1.52. The van der Waals surface area contributed by atoms with Crippen LogP contribution in [0.4, 0.5) is 10.5 Å². The van der Waals surface area contributed by atoms with Crippen molar-refractivity contribution in [3.63, 3.8) is 0 Å². The molecule has 3 aromatic rings. The van der Waals surface area contributed by atoms with Crippen LogP contribution in [-0.4, -0.2) is 29.3 Å². The van der Waals surface area contributed by atoms with Crippen molar-refractivity contribution in [3.05, 3.63) is 83.8 Å². The van der Waals surface area contributed by atoms with E-state index in [1.165, 1.54) is 17.8 Å². The molecule has 0 bridgehead atoms. The number of rotatable bonds is 6. The van der Waals surface area contributed by atoms with Crippen molar-refractivity contribution in [1.82, 2.24) is 10.2 Å². The van der Waals surface area contributed by atoms with Crippen molar-refractivity contribution in [2.45, 2.75) is 16.9 Å². The number of amides is 4. The number of anilines is 1. The number of carbonyl (C=O) groups excluding carboxylic acids is 3. The molecule has 4 amide bonds.